The number of carbonyl (C=O) groups excluding carboxylic acids is 1. The number of nitrogens with one attached hydrogen (secondary N) is 2. The van der Waals surface area contributed by atoms with Crippen LogP contribution >= 0.6 is 12.4 Å². The Bertz CT molecular complexity index is 609. The Morgan fingerprint density at radius 1 is 1.19 bits per heavy atom. The lowest BCUT2D eigenvalue weighted by atomic mass is 10.0. The molecule has 0 aromatic heterocycles. The molecule has 1 aliphatic heterocycles. The fraction of sp³-hybridized carbons (Fsp3) is 0.353. The molecule has 1 saturated heterocycles. The van der Waals surface area contributed by atoms with Crippen molar-refractivity contribution in [2.75, 3.05) is 13.1 Å². The summed E-state index contributed by atoms with van der Waals surface area (Å²) < 4.78 is 0. The summed E-state index contributed by atoms with van der Waals surface area (Å²) in [7, 11) is 0. The van der Waals surface area contributed by atoms with Gasteiger partial charge in [-0.15, -0.1) is 12.4 Å². The molecule has 1 aliphatic rings. The first kappa shape index (κ1) is 15.8. The minimum absolute atomic E-state index is 0. The third kappa shape index (κ3) is 4.19. The topological polar surface area (TPSA) is 41.1 Å². The van der Waals surface area contributed by atoms with Gasteiger partial charge in [0.2, 0.25) is 5.91 Å². The molecule has 0 saturated carbocycles. The predicted molar refractivity (Wildman–Crippen MR) is 88.9 cm³/mol. The first-order valence-electron chi connectivity index (χ1n) is 7.29. The van der Waals surface area contributed by atoms with Crippen LogP contribution in [0.1, 0.15) is 18.4 Å². The average molecular weight is 305 g/mol. The predicted octanol–water partition coefficient (Wildman–Crippen LogP) is 2.67. The Labute approximate surface area is 131 Å². The highest BCUT2D eigenvalue weighted by atomic mass is 35.5. The molecule has 1 heterocycles. The highest BCUT2D eigenvalue weighted by Gasteiger charge is 2.15. The quantitative estimate of drug-likeness (QED) is 0.915. The van der Waals surface area contributed by atoms with E-state index < -0.39 is 0 Å². The number of hydrogen-bond acceptors (Lipinski definition) is 2. The van der Waals surface area contributed by atoms with Gasteiger partial charge in [-0.2, -0.15) is 0 Å². The van der Waals surface area contributed by atoms with Crippen molar-refractivity contribution in [2.24, 2.45) is 0 Å². The highest BCUT2D eigenvalue weighted by molar-refractivity contribution is 5.86. The van der Waals surface area contributed by atoms with Gasteiger partial charge in [0.25, 0.3) is 0 Å². The molecular weight excluding hydrogens is 284 g/mol. The van der Waals surface area contributed by atoms with Crippen molar-refractivity contribution in [3.8, 4) is 0 Å². The van der Waals surface area contributed by atoms with Crippen LogP contribution in [0.3, 0.4) is 0 Å². The highest BCUT2D eigenvalue weighted by Crippen LogP contribution is 2.16. The first-order chi connectivity index (χ1) is 9.81. The molecule has 1 atom stereocenters. The number of hydrogen-bond donors (Lipinski definition) is 2. The standard InChI is InChI=1S/C17H20N2O.ClH/c20-17(19-16-6-3-9-18-12-16)11-13-7-8-14-4-1-2-5-15(14)10-13;/h1-2,4-5,7-8,10,16,18H,3,6,9,11-12H2,(H,19,20);1H. The van der Waals surface area contributed by atoms with Gasteiger partial charge >= 0.3 is 0 Å². The van der Waals surface area contributed by atoms with E-state index >= 15 is 0 Å². The molecule has 112 valence electrons. The number of halogens is 1. The van der Waals surface area contributed by atoms with Crippen molar-refractivity contribution < 1.29 is 4.79 Å². The van der Waals surface area contributed by atoms with Gasteiger partial charge in [0, 0.05) is 12.6 Å². The van der Waals surface area contributed by atoms with Crippen LogP contribution in [-0.2, 0) is 11.2 Å². The zero-order chi connectivity index (χ0) is 13.8. The van der Waals surface area contributed by atoms with E-state index in [-0.39, 0.29) is 24.4 Å². The molecule has 0 aliphatic carbocycles. The molecule has 2 N–H and O–H groups in total. The average Bonchev–Trinajstić information content (AvgIpc) is 2.48. The third-order valence-corrected chi connectivity index (χ3v) is 3.84. The molecule has 2 aromatic rings. The van der Waals surface area contributed by atoms with Crippen LogP contribution in [0.5, 0.6) is 0 Å². The van der Waals surface area contributed by atoms with Crippen LogP contribution in [0, 0.1) is 0 Å². The molecule has 1 fully saturated rings. The smallest absolute Gasteiger partial charge is 0.224 e. The van der Waals surface area contributed by atoms with E-state index in [1.165, 1.54) is 10.8 Å². The van der Waals surface area contributed by atoms with Gasteiger partial charge in [-0.3, -0.25) is 4.79 Å². The number of fused-ring (bicyclic) bond motifs is 1. The number of carbonyl (C=O) groups is 1. The van der Waals surface area contributed by atoms with E-state index in [0.717, 1.165) is 31.5 Å². The van der Waals surface area contributed by atoms with Crippen molar-refractivity contribution >= 4 is 29.1 Å². The Morgan fingerprint density at radius 3 is 2.76 bits per heavy atom. The zero-order valence-electron chi connectivity index (χ0n) is 12.0. The van der Waals surface area contributed by atoms with Crippen LogP contribution < -0.4 is 10.6 Å². The Balaban J connectivity index is 0.00000161. The summed E-state index contributed by atoms with van der Waals surface area (Å²) >= 11 is 0. The molecular formula is C17H21ClN2O. The molecule has 4 heteroatoms. The Morgan fingerprint density at radius 2 is 2.00 bits per heavy atom. The van der Waals surface area contributed by atoms with Crippen molar-refractivity contribution in [3.05, 3.63) is 48.0 Å². The molecule has 3 rings (SSSR count). The molecule has 0 spiro atoms. The van der Waals surface area contributed by atoms with Crippen LogP contribution in [0.4, 0.5) is 0 Å². The van der Waals surface area contributed by atoms with Gasteiger partial charge < -0.3 is 10.6 Å². The van der Waals surface area contributed by atoms with Crippen LogP contribution in [0.2, 0.25) is 0 Å². The largest absolute Gasteiger partial charge is 0.352 e. The summed E-state index contributed by atoms with van der Waals surface area (Å²) in [5, 5.41) is 8.84. The number of rotatable bonds is 3. The van der Waals surface area contributed by atoms with Crippen molar-refractivity contribution in [1.82, 2.24) is 10.6 Å². The van der Waals surface area contributed by atoms with Crippen LogP contribution in [-0.4, -0.2) is 25.0 Å². The SMILES string of the molecule is Cl.O=C(Cc1ccc2ccccc2c1)NC1CCCNC1. The minimum atomic E-state index is 0. The van der Waals surface area contributed by atoms with Gasteiger partial charge in [0.1, 0.15) is 0 Å². The van der Waals surface area contributed by atoms with Crippen LogP contribution in [0.25, 0.3) is 10.8 Å². The maximum atomic E-state index is 12.1. The van der Waals surface area contributed by atoms with Crippen molar-refractivity contribution in [1.29, 1.82) is 0 Å². The second-order valence-corrected chi connectivity index (χ2v) is 5.47. The van der Waals surface area contributed by atoms with Gasteiger partial charge in [-0.25, -0.2) is 0 Å². The minimum Gasteiger partial charge on any atom is -0.352 e. The Kier molecular flexibility index (Phi) is 5.59. The maximum absolute atomic E-state index is 12.1. The van der Waals surface area contributed by atoms with E-state index in [1.807, 2.05) is 18.2 Å². The van der Waals surface area contributed by atoms with Crippen molar-refractivity contribution in [2.45, 2.75) is 25.3 Å². The summed E-state index contributed by atoms with van der Waals surface area (Å²) in [4.78, 5) is 12.1. The molecule has 0 radical (unpaired) electrons. The summed E-state index contributed by atoms with van der Waals surface area (Å²) in [5.41, 5.74) is 1.07. The summed E-state index contributed by atoms with van der Waals surface area (Å²) in [6.07, 6.45) is 2.68. The number of benzene rings is 2. The molecule has 3 nitrogen and oxygen atoms in total. The van der Waals surface area contributed by atoms with Crippen LogP contribution in [0.15, 0.2) is 42.5 Å². The first-order valence-corrected chi connectivity index (χ1v) is 7.29. The molecule has 1 amide bonds. The second kappa shape index (κ2) is 7.43. The van der Waals surface area contributed by atoms with Gasteiger partial charge in [0.15, 0.2) is 0 Å². The van der Waals surface area contributed by atoms with E-state index in [4.69, 9.17) is 0 Å². The third-order valence-electron chi connectivity index (χ3n) is 3.84. The summed E-state index contributed by atoms with van der Waals surface area (Å²) in [5.74, 6) is 0.119. The van der Waals surface area contributed by atoms with Gasteiger partial charge in [-0.1, -0.05) is 42.5 Å². The van der Waals surface area contributed by atoms with E-state index in [0.29, 0.717) is 6.42 Å². The molecule has 0 bridgehead atoms. The Hall–Kier alpha value is -1.58. The number of piperidine rings is 1. The summed E-state index contributed by atoms with van der Waals surface area (Å²) in [6.45, 7) is 1.96. The van der Waals surface area contributed by atoms with E-state index in [1.54, 1.807) is 0 Å². The van der Waals surface area contributed by atoms with Crippen molar-refractivity contribution in [3.63, 3.8) is 0 Å². The lowest BCUT2D eigenvalue weighted by molar-refractivity contribution is -0.121. The van der Waals surface area contributed by atoms with Gasteiger partial charge in [0.05, 0.1) is 6.42 Å². The summed E-state index contributed by atoms with van der Waals surface area (Å²) in [6, 6.07) is 14.8. The second-order valence-electron chi connectivity index (χ2n) is 5.47. The fourth-order valence-electron chi connectivity index (χ4n) is 2.79. The monoisotopic (exact) mass is 304 g/mol. The van der Waals surface area contributed by atoms with E-state index in [2.05, 4.69) is 34.9 Å². The lowest BCUT2D eigenvalue weighted by Crippen LogP contribution is -2.46. The molecule has 1 unspecified atom stereocenters. The zero-order valence-corrected chi connectivity index (χ0v) is 12.8. The number of amides is 1. The maximum Gasteiger partial charge on any atom is 0.224 e. The normalized spacial score (nSPS) is 18.0. The van der Waals surface area contributed by atoms with E-state index in [9.17, 15) is 4.79 Å². The molecule has 21 heavy (non-hydrogen) atoms. The van der Waals surface area contributed by atoms with Gasteiger partial charge in [-0.05, 0) is 35.7 Å². The fourth-order valence-corrected chi connectivity index (χ4v) is 2.79. The lowest BCUT2D eigenvalue weighted by Gasteiger charge is -2.23. The molecule has 2 aromatic carbocycles.